The van der Waals surface area contributed by atoms with Crippen LogP contribution in [-0.4, -0.2) is 62.7 Å². The van der Waals surface area contributed by atoms with Crippen LogP contribution in [0.15, 0.2) is 40.0 Å². The van der Waals surface area contributed by atoms with E-state index in [1.54, 1.807) is 12.4 Å². The number of alkyl halides is 3. The van der Waals surface area contributed by atoms with Gasteiger partial charge in [-0.25, -0.2) is 9.59 Å². The van der Waals surface area contributed by atoms with Crippen LogP contribution in [0, 0.1) is 5.92 Å². The monoisotopic (exact) mass is 417 g/mol. The fourth-order valence-corrected chi connectivity index (χ4v) is 4.50. The molecule has 0 unspecified atom stereocenters. The van der Waals surface area contributed by atoms with E-state index < -0.39 is 18.1 Å². The second-order valence-electron chi connectivity index (χ2n) is 6.21. The van der Waals surface area contributed by atoms with Gasteiger partial charge in [0.1, 0.15) is 11.7 Å². The minimum atomic E-state index is -5.08. The number of aromatic nitrogens is 1. The average Bonchev–Trinajstić information content (AvgIpc) is 3.02. The Morgan fingerprint density at radius 1 is 1.25 bits per heavy atom. The maximum Gasteiger partial charge on any atom is 0.490 e. The topological polar surface area (TPSA) is 120 Å². The van der Waals surface area contributed by atoms with Crippen LogP contribution in [0.4, 0.5) is 13.2 Å². The number of aliphatic carboxylic acids is 2. The third-order valence-electron chi connectivity index (χ3n) is 4.51. The summed E-state index contributed by atoms with van der Waals surface area (Å²) in [6, 6.07) is 3.52. The molecule has 1 amide bonds. The van der Waals surface area contributed by atoms with E-state index in [4.69, 9.17) is 9.90 Å². The number of amides is 1. The zero-order valence-electron chi connectivity index (χ0n) is 14.0. The maximum absolute atomic E-state index is 12.1. The Morgan fingerprint density at radius 2 is 1.86 bits per heavy atom. The van der Waals surface area contributed by atoms with Crippen LogP contribution < -0.4 is 5.32 Å². The van der Waals surface area contributed by atoms with Crippen molar-refractivity contribution >= 4 is 29.6 Å². The number of carboxylic acid groups (broad SMARTS) is 2. The molecule has 28 heavy (non-hydrogen) atoms. The number of rotatable bonds is 3. The normalized spacial score (nSPS) is 25.5. The molecule has 0 bridgehead atoms. The molecule has 0 aromatic carbocycles. The molecule has 0 spiro atoms. The zero-order valence-corrected chi connectivity index (χ0v) is 14.8. The van der Waals surface area contributed by atoms with Gasteiger partial charge >= 0.3 is 18.1 Å². The summed E-state index contributed by atoms with van der Waals surface area (Å²) in [5.41, 5.74) is 0.156. The van der Waals surface area contributed by atoms with E-state index in [0.29, 0.717) is 12.3 Å². The second kappa shape index (κ2) is 7.43. The molecule has 3 aliphatic heterocycles. The first-order chi connectivity index (χ1) is 13.1. The van der Waals surface area contributed by atoms with Gasteiger partial charge in [-0.15, -0.1) is 0 Å². The smallest absolute Gasteiger partial charge is 0.477 e. The molecule has 150 valence electrons. The van der Waals surface area contributed by atoms with Crippen molar-refractivity contribution in [2.45, 2.75) is 29.6 Å². The second-order valence-corrected chi connectivity index (χ2v) is 7.38. The molecule has 4 rings (SSSR count). The summed E-state index contributed by atoms with van der Waals surface area (Å²) >= 11 is 1.42. The summed E-state index contributed by atoms with van der Waals surface area (Å²) < 4.78 is 31.7. The number of carboxylic acids is 2. The lowest BCUT2D eigenvalue weighted by atomic mass is 9.82. The van der Waals surface area contributed by atoms with Gasteiger partial charge in [0.15, 0.2) is 0 Å². The zero-order chi connectivity index (χ0) is 20.6. The molecule has 8 nitrogen and oxygen atoms in total. The van der Waals surface area contributed by atoms with Crippen molar-refractivity contribution in [3.8, 4) is 0 Å². The van der Waals surface area contributed by atoms with Crippen molar-refractivity contribution in [3.05, 3.63) is 35.1 Å². The molecular formula is C16H14F3N3O5S. The van der Waals surface area contributed by atoms with Gasteiger partial charge in [0.2, 0.25) is 5.91 Å². The molecule has 2 fully saturated rings. The molecule has 3 aliphatic rings. The number of pyridine rings is 1. The van der Waals surface area contributed by atoms with Crippen LogP contribution in [0.5, 0.6) is 0 Å². The molecule has 0 saturated carbocycles. The summed E-state index contributed by atoms with van der Waals surface area (Å²) in [5, 5.41) is 19.8. The van der Waals surface area contributed by atoms with E-state index in [1.165, 1.54) is 16.7 Å². The minimum Gasteiger partial charge on any atom is -0.477 e. The van der Waals surface area contributed by atoms with Crippen molar-refractivity contribution in [2.75, 3.05) is 6.54 Å². The van der Waals surface area contributed by atoms with Crippen molar-refractivity contribution in [3.63, 3.8) is 0 Å². The van der Waals surface area contributed by atoms with Gasteiger partial charge in [-0.1, -0.05) is 11.8 Å². The first-order valence-corrected chi connectivity index (χ1v) is 8.83. The highest BCUT2D eigenvalue weighted by atomic mass is 32.2. The summed E-state index contributed by atoms with van der Waals surface area (Å²) in [6.07, 6.45) is -1.03. The van der Waals surface area contributed by atoms with Crippen LogP contribution in [0.2, 0.25) is 0 Å². The van der Waals surface area contributed by atoms with Gasteiger partial charge in [0.25, 0.3) is 0 Å². The van der Waals surface area contributed by atoms with Gasteiger partial charge < -0.3 is 15.5 Å². The van der Waals surface area contributed by atoms with Crippen LogP contribution in [0.1, 0.15) is 6.42 Å². The number of carbonyl (C=O) groups excluding carboxylic acids is 1. The third-order valence-corrected chi connectivity index (χ3v) is 5.63. The molecule has 3 N–H and O–H groups in total. The van der Waals surface area contributed by atoms with Gasteiger partial charge in [-0.3, -0.25) is 14.7 Å². The number of nitrogens with zero attached hydrogens (tertiary/aromatic N) is 2. The standard InChI is InChI=1S/C14H13N3O3S.C2HF3O2/c18-13-10-11-7(6-16-10)5-9(12(14(19)20)17(11)13)21-8-1-3-15-4-2-8;3-2(4,5)1(6)7/h1-4,7,10-11,16H,5-6H2,(H,19,20);(H,6,7)/t7-,10+,11-;/m1./s1. The Morgan fingerprint density at radius 3 is 2.39 bits per heavy atom. The van der Waals surface area contributed by atoms with E-state index in [-0.39, 0.29) is 23.7 Å². The van der Waals surface area contributed by atoms with Gasteiger partial charge in [-0.05, 0) is 24.5 Å². The number of allylic oxidation sites excluding steroid dienone is 1. The molecule has 2 saturated heterocycles. The van der Waals surface area contributed by atoms with Crippen LogP contribution >= 0.6 is 11.8 Å². The van der Waals surface area contributed by atoms with Crippen molar-refractivity contribution in [2.24, 2.45) is 5.92 Å². The van der Waals surface area contributed by atoms with Crippen LogP contribution in [0.3, 0.4) is 0 Å². The Labute approximate surface area is 160 Å². The number of carbonyl (C=O) groups is 3. The highest BCUT2D eigenvalue weighted by molar-refractivity contribution is 8.03. The predicted molar refractivity (Wildman–Crippen MR) is 89.0 cm³/mol. The van der Waals surface area contributed by atoms with E-state index in [1.807, 2.05) is 12.1 Å². The van der Waals surface area contributed by atoms with E-state index in [2.05, 4.69) is 10.3 Å². The lowest BCUT2D eigenvalue weighted by Crippen LogP contribution is -2.68. The summed E-state index contributed by atoms with van der Waals surface area (Å²) in [7, 11) is 0. The Bertz CT molecular complexity index is 846. The number of thioether (sulfide) groups is 1. The van der Waals surface area contributed by atoms with E-state index in [9.17, 15) is 27.9 Å². The summed E-state index contributed by atoms with van der Waals surface area (Å²) in [4.78, 5) is 39.8. The Balaban J connectivity index is 0.000000279. The van der Waals surface area contributed by atoms with Crippen LogP contribution in [-0.2, 0) is 14.4 Å². The molecule has 4 heterocycles. The molecule has 1 aromatic heterocycles. The molecule has 3 atom stereocenters. The SMILES string of the molecule is O=C(O)C(F)(F)F.O=C(O)C1=C(Sc2ccncc2)C[C@@H]2CN[C@@H]3C(=O)N1[C@H]23. The number of hydrogen-bond donors (Lipinski definition) is 3. The van der Waals surface area contributed by atoms with Gasteiger partial charge in [0.05, 0.1) is 6.04 Å². The largest absolute Gasteiger partial charge is 0.490 e. The first-order valence-electron chi connectivity index (χ1n) is 8.02. The average molecular weight is 417 g/mol. The first kappa shape index (κ1) is 20.1. The van der Waals surface area contributed by atoms with Crippen LogP contribution in [0.25, 0.3) is 0 Å². The van der Waals surface area contributed by atoms with Crippen molar-refractivity contribution in [1.82, 2.24) is 15.2 Å². The third kappa shape index (κ3) is 3.69. The van der Waals surface area contributed by atoms with E-state index >= 15 is 0 Å². The minimum absolute atomic E-state index is 0.0189. The number of nitrogens with one attached hydrogen (secondary N) is 1. The fraction of sp³-hybridized carbons (Fsp3) is 0.375. The van der Waals surface area contributed by atoms with Gasteiger partial charge in [0, 0.05) is 28.7 Å². The number of hydrogen-bond acceptors (Lipinski definition) is 6. The molecule has 1 aromatic rings. The highest BCUT2D eigenvalue weighted by Crippen LogP contribution is 2.47. The highest BCUT2D eigenvalue weighted by Gasteiger charge is 2.59. The number of β-lactam (4-membered cyclic amide) rings is 1. The summed E-state index contributed by atoms with van der Waals surface area (Å²) in [5.74, 6) is -3.59. The molecule has 0 radical (unpaired) electrons. The molecular weight excluding hydrogens is 403 g/mol. The number of halogens is 3. The fourth-order valence-electron chi connectivity index (χ4n) is 3.38. The summed E-state index contributed by atoms with van der Waals surface area (Å²) in [6.45, 7) is 0.769. The lowest BCUT2D eigenvalue weighted by molar-refractivity contribution is -0.192. The maximum atomic E-state index is 12.1. The van der Waals surface area contributed by atoms with Gasteiger partial charge in [-0.2, -0.15) is 13.2 Å². The Kier molecular flexibility index (Phi) is 5.35. The van der Waals surface area contributed by atoms with Crippen molar-refractivity contribution < 1.29 is 37.8 Å². The Hall–Kier alpha value is -2.60. The van der Waals surface area contributed by atoms with Crippen molar-refractivity contribution in [1.29, 1.82) is 0 Å². The van der Waals surface area contributed by atoms with E-state index in [0.717, 1.165) is 16.3 Å². The quantitative estimate of drug-likeness (QED) is 0.630. The lowest BCUT2D eigenvalue weighted by Gasteiger charge is -2.48. The molecule has 12 heteroatoms. The molecule has 0 aliphatic carbocycles. The predicted octanol–water partition coefficient (Wildman–Crippen LogP) is 1.31.